The van der Waals surface area contributed by atoms with Crippen molar-refractivity contribution in [3.8, 4) is 11.8 Å². The Morgan fingerprint density at radius 2 is 2.21 bits per heavy atom. The Kier molecular flexibility index (Phi) is 4.49. The van der Waals surface area contributed by atoms with Gasteiger partial charge in [0.25, 0.3) is 0 Å². The molecule has 0 saturated carbocycles. The summed E-state index contributed by atoms with van der Waals surface area (Å²) in [5.74, 6) is 1.39. The molecule has 4 aromatic rings. The Balaban J connectivity index is 1.59. The first-order valence-corrected chi connectivity index (χ1v) is 10.1. The molecule has 1 fully saturated rings. The van der Waals surface area contributed by atoms with Crippen molar-refractivity contribution in [2.75, 3.05) is 18.0 Å². The molecule has 4 heterocycles. The Morgan fingerprint density at radius 3 is 3.00 bits per heavy atom. The average Bonchev–Trinajstić information content (AvgIpc) is 3.30. The van der Waals surface area contributed by atoms with Crippen LogP contribution >= 0.6 is 11.6 Å². The number of benzene rings is 1. The number of aromatic amines is 1. The standard InChI is InChI=1S/C21H21ClN6O/c1-2-15-18(22)17-19(25-15)26-21(27-20(17)28-9-7-13(23)11-28)29-14-6-5-12-4-3-8-24-16(12)10-14/h3-6,8,10,13H,2,7,9,11,23H2,1H3,(H,25,26,27)/t13-/m0/s1. The minimum absolute atomic E-state index is 0.124. The second-order valence-electron chi connectivity index (χ2n) is 7.28. The summed E-state index contributed by atoms with van der Waals surface area (Å²) in [6.45, 7) is 3.61. The van der Waals surface area contributed by atoms with Crippen molar-refractivity contribution >= 4 is 39.4 Å². The molecule has 3 aromatic heterocycles. The number of nitrogens with zero attached hydrogens (tertiary/aromatic N) is 4. The fourth-order valence-corrected chi connectivity index (χ4v) is 4.14. The van der Waals surface area contributed by atoms with E-state index in [2.05, 4.69) is 26.8 Å². The SMILES string of the molecule is CCc1[nH]c2nc(Oc3ccc4cccnc4c3)nc(N3CC[C@H](N)C3)c2c1Cl. The molecule has 0 radical (unpaired) electrons. The third-order valence-corrected chi connectivity index (χ3v) is 5.70. The first-order chi connectivity index (χ1) is 14.1. The van der Waals surface area contributed by atoms with Gasteiger partial charge in [0.15, 0.2) is 0 Å². The Bertz CT molecular complexity index is 1210. The lowest BCUT2D eigenvalue weighted by Gasteiger charge is -2.18. The Labute approximate surface area is 172 Å². The van der Waals surface area contributed by atoms with Gasteiger partial charge in [-0.1, -0.05) is 24.6 Å². The van der Waals surface area contributed by atoms with Crippen LogP contribution in [0, 0.1) is 0 Å². The molecular weight excluding hydrogens is 388 g/mol. The predicted molar refractivity (Wildman–Crippen MR) is 115 cm³/mol. The van der Waals surface area contributed by atoms with Crippen LogP contribution in [0.25, 0.3) is 21.9 Å². The zero-order valence-electron chi connectivity index (χ0n) is 16.0. The molecule has 7 nitrogen and oxygen atoms in total. The summed E-state index contributed by atoms with van der Waals surface area (Å²) < 4.78 is 6.02. The molecule has 8 heteroatoms. The largest absolute Gasteiger partial charge is 0.424 e. The molecular formula is C21H21ClN6O. The fourth-order valence-electron chi connectivity index (χ4n) is 3.78. The van der Waals surface area contributed by atoms with Crippen LogP contribution in [0.5, 0.6) is 11.8 Å². The first kappa shape index (κ1) is 18.1. The maximum absolute atomic E-state index is 6.64. The highest BCUT2D eigenvalue weighted by atomic mass is 35.5. The van der Waals surface area contributed by atoms with Gasteiger partial charge in [-0.25, -0.2) is 0 Å². The molecule has 1 atom stereocenters. The molecule has 0 spiro atoms. The van der Waals surface area contributed by atoms with Crippen LogP contribution < -0.4 is 15.4 Å². The van der Waals surface area contributed by atoms with Crippen molar-refractivity contribution in [3.05, 3.63) is 47.2 Å². The third kappa shape index (κ3) is 3.26. The van der Waals surface area contributed by atoms with Gasteiger partial charge in [0, 0.05) is 42.5 Å². The first-order valence-electron chi connectivity index (χ1n) is 9.73. The van der Waals surface area contributed by atoms with Gasteiger partial charge < -0.3 is 20.4 Å². The molecule has 148 valence electrons. The van der Waals surface area contributed by atoms with Crippen molar-refractivity contribution in [2.24, 2.45) is 5.73 Å². The highest BCUT2D eigenvalue weighted by Gasteiger charge is 2.26. The number of nitrogens with two attached hydrogens (primary N) is 1. The van der Waals surface area contributed by atoms with E-state index in [0.29, 0.717) is 16.4 Å². The molecule has 3 N–H and O–H groups in total. The van der Waals surface area contributed by atoms with Crippen molar-refractivity contribution in [1.29, 1.82) is 0 Å². The van der Waals surface area contributed by atoms with Gasteiger partial charge in [-0.3, -0.25) is 4.98 Å². The molecule has 5 rings (SSSR count). The highest BCUT2D eigenvalue weighted by molar-refractivity contribution is 6.37. The van der Waals surface area contributed by atoms with Crippen LogP contribution in [0.4, 0.5) is 5.82 Å². The van der Waals surface area contributed by atoms with E-state index >= 15 is 0 Å². The number of pyridine rings is 1. The number of rotatable bonds is 4. The lowest BCUT2D eigenvalue weighted by Crippen LogP contribution is -2.27. The van der Waals surface area contributed by atoms with E-state index < -0.39 is 0 Å². The van der Waals surface area contributed by atoms with Crippen LogP contribution in [0.15, 0.2) is 36.5 Å². The van der Waals surface area contributed by atoms with Crippen molar-refractivity contribution in [3.63, 3.8) is 0 Å². The van der Waals surface area contributed by atoms with Gasteiger partial charge in [0.05, 0.1) is 15.9 Å². The summed E-state index contributed by atoms with van der Waals surface area (Å²) in [5.41, 5.74) is 8.59. The van der Waals surface area contributed by atoms with Crippen LogP contribution in [-0.4, -0.2) is 39.1 Å². The van der Waals surface area contributed by atoms with Crippen molar-refractivity contribution in [1.82, 2.24) is 19.9 Å². The highest BCUT2D eigenvalue weighted by Crippen LogP contribution is 2.37. The zero-order valence-corrected chi connectivity index (χ0v) is 16.8. The topological polar surface area (TPSA) is 92.9 Å². The molecule has 1 aliphatic rings. The van der Waals surface area contributed by atoms with Gasteiger partial charge in [-0.15, -0.1) is 0 Å². The van der Waals surface area contributed by atoms with E-state index in [1.54, 1.807) is 6.20 Å². The van der Waals surface area contributed by atoms with Crippen LogP contribution in [0.2, 0.25) is 5.02 Å². The Hall–Kier alpha value is -2.90. The fraction of sp³-hybridized carbons (Fsp3) is 0.286. The van der Waals surface area contributed by atoms with Gasteiger partial charge in [-0.2, -0.15) is 9.97 Å². The summed E-state index contributed by atoms with van der Waals surface area (Å²) in [4.78, 5) is 19.1. The monoisotopic (exact) mass is 408 g/mol. The van der Waals surface area contributed by atoms with Crippen molar-refractivity contribution in [2.45, 2.75) is 25.8 Å². The molecule has 0 bridgehead atoms. The average molecular weight is 409 g/mol. The zero-order chi connectivity index (χ0) is 20.0. The molecule has 0 unspecified atom stereocenters. The van der Waals surface area contributed by atoms with Gasteiger partial charge in [0.1, 0.15) is 17.2 Å². The van der Waals surface area contributed by atoms with Crippen LogP contribution in [0.3, 0.4) is 0 Å². The molecule has 29 heavy (non-hydrogen) atoms. The quantitative estimate of drug-likeness (QED) is 0.529. The summed E-state index contributed by atoms with van der Waals surface area (Å²) in [7, 11) is 0. The summed E-state index contributed by atoms with van der Waals surface area (Å²) in [5, 5.41) is 2.54. The number of hydrogen-bond acceptors (Lipinski definition) is 6. The number of anilines is 1. The van der Waals surface area contributed by atoms with E-state index in [9.17, 15) is 0 Å². The second-order valence-corrected chi connectivity index (χ2v) is 7.66. The maximum atomic E-state index is 6.64. The Morgan fingerprint density at radius 1 is 1.31 bits per heavy atom. The van der Waals surface area contributed by atoms with Gasteiger partial charge in [0.2, 0.25) is 0 Å². The molecule has 1 saturated heterocycles. The molecule has 1 aliphatic heterocycles. The number of halogens is 1. The van der Waals surface area contributed by atoms with Gasteiger partial charge >= 0.3 is 6.01 Å². The van der Waals surface area contributed by atoms with Gasteiger partial charge in [-0.05, 0) is 31.0 Å². The molecule has 0 amide bonds. The van der Waals surface area contributed by atoms with Crippen LogP contribution in [-0.2, 0) is 6.42 Å². The lowest BCUT2D eigenvalue weighted by atomic mass is 10.2. The van der Waals surface area contributed by atoms with E-state index in [4.69, 9.17) is 27.1 Å². The molecule has 0 aliphatic carbocycles. The third-order valence-electron chi connectivity index (χ3n) is 5.29. The van der Waals surface area contributed by atoms with E-state index in [-0.39, 0.29) is 12.1 Å². The molecule has 1 aromatic carbocycles. The van der Waals surface area contributed by atoms with E-state index in [1.165, 1.54) is 0 Å². The number of aromatic nitrogens is 4. The second kappa shape index (κ2) is 7.17. The maximum Gasteiger partial charge on any atom is 0.325 e. The summed E-state index contributed by atoms with van der Waals surface area (Å²) >= 11 is 6.64. The number of nitrogens with one attached hydrogen (secondary N) is 1. The number of fused-ring (bicyclic) bond motifs is 2. The number of aryl methyl sites for hydroxylation is 1. The van der Waals surface area contributed by atoms with E-state index in [0.717, 1.165) is 53.7 Å². The normalized spacial score (nSPS) is 16.8. The minimum atomic E-state index is 0.124. The summed E-state index contributed by atoms with van der Waals surface area (Å²) in [6.07, 6.45) is 3.46. The summed E-state index contributed by atoms with van der Waals surface area (Å²) in [6, 6.07) is 10.1. The van der Waals surface area contributed by atoms with Crippen LogP contribution in [0.1, 0.15) is 19.0 Å². The number of ether oxygens (including phenoxy) is 1. The number of hydrogen-bond donors (Lipinski definition) is 2. The van der Waals surface area contributed by atoms with Crippen molar-refractivity contribution < 1.29 is 4.74 Å². The van der Waals surface area contributed by atoms with E-state index in [1.807, 2.05) is 30.3 Å². The predicted octanol–water partition coefficient (Wildman–Crippen LogP) is 4.05. The smallest absolute Gasteiger partial charge is 0.325 e. The minimum Gasteiger partial charge on any atom is -0.424 e. The number of H-pyrrole nitrogens is 1. The lowest BCUT2D eigenvalue weighted by molar-refractivity contribution is 0.444.